The minimum atomic E-state index is -3.72. The highest BCUT2D eigenvalue weighted by Crippen LogP contribution is 2.39. The SMILES string of the molecule is CNC(=O)c1c(NC(=O)c2ccc(S(=O)(=O)N(C)Cc3ccccc3)cc2)sc2c1CC[C@H](C)C2. The Morgan fingerprint density at radius 1 is 1.06 bits per heavy atom. The monoisotopic (exact) mass is 511 g/mol. The van der Waals surface area contributed by atoms with Gasteiger partial charge in [0.1, 0.15) is 5.00 Å². The number of rotatable bonds is 7. The Labute approximate surface area is 210 Å². The van der Waals surface area contributed by atoms with Crippen LogP contribution in [0.5, 0.6) is 0 Å². The summed E-state index contributed by atoms with van der Waals surface area (Å²) in [4.78, 5) is 26.8. The molecule has 0 unspecified atom stereocenters. The van der Waals surface area contributed by atoms with Crippen LogP contribution < -0.4 is 10.6 Å². The number of benzene rings is 2. The number of hydrogen-bond donors (Lipinski definition) is 2. The summed E-state index contributed by atoms with van der Waals surface area (Å²) >= 11 is 1.45. The lowest BCUT2D eigenvalue weighted by Gasteiger charge is -2.18. The van der Waals surface area contributed by atoms with Crippen molar-refractivity contribution in [3.8, 4) is 0 Å². The number of carbonyl (C=O) groups excluding carboxylic acids is 2. The number of hydrogen-bond acceptors (Lipinski definition) is 5. The summed E-state index contributed by atoms with van der Waals surface area (Å²) in [5.74, 6) is -0.0598. The van der Waals surface area contributed by atoms with Crippen molar-refractivity contribution < 1.29 is 18.0 Å². The summed E-state index contributed by atoms with van der Waals surface area (Å²) in [7, 11) is -0.605. The van der Waals surface area contributed by atoms with Gasteiger partial charge >= 0.3 is 0 Å². The minimum Gasteiger partial charge on any atom is -0.355 e. The molecule has 0 radical (unpaired) electrons. The zero-order chi connectivity index (χ0) is 25.2. The third kappa shape index (κ3) is 5.32. The van der Waals surface area contributed by atoms with Crippen molar-refractivity contribution in [1.82, 2.24) is 9.62 Å². The van der Waals surface area contributed by atoms with E-state index in [2.05, 4.69) is 17.6 Å². The number of amides is 2. The van der Waals surface area contributed by atoms with Gasteiger partial charge in [-0.05, 0) is 60.6 Å². The molecule has 1 aliphatic carbocycles. The van der Waals surface area contributed by atoms with E-state index in [0.29, 0.717) is 22.0 Å². The number of fused-ring (bicyclic) bond motifs is 1. The standard InChI is InChI=1S/C26H29N3O4S2/c1-17-9-14-21-22(15-17)34-26(23(21)25(31)27-2)28-24(30)19-10-12-20(13-11-19)35(32,33)29(3)16-18-7-5-4-6-8-18/h4-8,10-13,17H,9,14-16H2,1-3H3,(H,27,31)(H,28,30)/t17-/m0/s1. The van der Waals surface area contributed by atoms with Crippen LogP contribution in [0.1, 0.15) is 50.1 Å². The minimum absolute atomic E-state index is 0.110. The molecular formula is C26H29N3O4S2. The Kier molecular flexibility index (Phi) is 7.39. The second kappa shape index (κ2) is 10.3. The zero-order valence-electron chi connectivity index (χ0n) is 20.0. The van der Waals surface area contributed by atoms with Crippen LogP contribution >= 0.6 is 11.3 Å². The first-order valence-electron chi connectivity index (χ1n) is 11.5. The van der Waals surface area contributed by atoms with Gasteiger partial charge in [0.25, 0.3) is 11.8 Å². The van der Waals surface area contributed by atoms with Gasteiger partial charge in [0, 0.05) is 31.1 Å². The molecule has 7 nitrogen and oxygen atoms in total. The van der Waals surface area contributed by atoms with Crippen molar-refractivity contribution in [3.63, 3.8) is 0 Å². The van der Waals surface area contributed by atoms with Gasteiger partial charge in [0.15, 0.2) is 0 Å². The molecule has 1 atom stereocenters. The average Bonchev–Trinajstić information content (AvgIpc) is 3.20. The largest absolute Gasteiger partial charge is 0.355 e. The van der Waals surface area contributed by atoms with E-state index in [0.717, 1.165) is 35.3 Å². The van der Waals surface area contributed by atoms with Gasteiger partial charge < -0.3 is 10.6 Å². The van der Waals surface area contributed by atoms with E-state index >= 15 is 0 Å². The van der Waals surface area contributed by atoms with E-state index < -0.39 is 10.0 Å². The molecule has 3 aromatic rings. The second-order valence-electron chi connectivity index (χ2n) is 8.86. The summed E-state index contributed by atoms with van der Waals surface area (Å²) in [5.41, 5.74) is 2.76. The van der Waals surface area contributed by atoms with E-state index in [-0.39, 0.29) is 23.3 Å². The molecule has 2 N–H and O–H groups in total. The molecule has 1 aromatic heterocycles. The fourth-order valence-electron chi connectivity index (χ4n) is 4.26. The van der Waals surface area contributed by atoms with Crippen LogP contribution in [0.3, 0.4) is 0 Å². The molecule has 4 rings (SSSR count). The molecule has 184 valence electrons. The maximum atomic E-state index is 13.0. The molecule has 1 aliphatic rings. The highest BCUT2D eigenvalue weighted by atomic mass is 32.2. The predicted octanol–water partition coefficient (Wildman–Crippen LogP) is 4.31. The average molecular weight is 512 g/mol. The summed E-state index contributed by atoms with van der Waals surface area (Å²) in [6.07, 6.45) is 2.72. The molecule has 0 saturated heterocycles. The van der Waals surface area contributed by atoms with Crippen molar-refractivity contribution in [2.75, 3.05) is 19.4 Å². The number of nitrogens with one attached hydrogen (secondary N) is 2. The van der Waals surface area contributed by atoms with Crippen molar-refractivity contribution in [3.05, 3.63) is 81.7 Å². The molecule has 0 spiro atoms. The fraction of sp³-hybridized carbons (Fsp3) is 0.308. The second-order valence-corrected chi connectivity index (χ2v) is 12.0. The lowest BCUT2D eigenvalue weighted by Crippen LogP contribution is -2.26. The molecular weight excluding hydrogens is 482 g/mol. The van der Waals surface area contributed by atoms with E-state index in [9.17, 15) is 18.0 Å². The smallest absolute Gasteiger partial charge is 0.256 e. The zero-order valence-corrected chi connectivity index (χ0v) is 21.6. The van der Waals surface area contributed by atoms with Crippen molar-refractivity contribution in [2.24, 2.45) is 5.92 Å². The predicted molar refractivity (Wildman–Crippen MR) is 138 cm³/mol. The molecule has 0 aliphatic heterocycles. The summed E-state index contributed by atoms with van der Waals surface area (Å²) in [6.45, 7) is 2.43. The molecule has 35 heavy (non-hydrogen) atoms. The van der Waals surface area contributed by atoms with Gasteiger partial charge in [-0.15, -0.1) is 11.3 Å². The Balaban J connectivity index is 1.52. The van der Waals surface area contributed by atoms with E-state index in [1.165, 1.54) is 47.0 Å². The fourth-order valence-corrected chi connectivity index (χ4v) is 6.83. The Hall–Kier alpha value is -3.01. The van der Waals surface area contributed by atoms with Crippen molar-refractivity contribution >= 4 is 38.2 Å². The van der Waals surface area contributed by atoms with Crippen LogP contribution in [0.4, 0.5) is 5.00 Å². The normalized spacial score (nSPS) is 15.5. The van der Waals surface area contributed by atoms with E-state index in [4.69, 9.17) is 0 Å². The van der Waals surface area contributed by atoms with Gasteiger partial charge in [-0.1, -0.05) is 37.3 Å². The Bertz CT molecular complexity index is 1330. The van der Waals surface area contributed by atoms with E-state index in [1.807, 2.05) is 30.3 Å². The van der Waals surface area contributed by atoms with Gasteiger partial charge in [-0.2, -0.15) is 4.31 Å². The lowest BCUT2D eigenvalue weighted by molar-refractivity contribution is 0.0963. The molecule has 0 fully saturated rings. The molecule has 9 heteroatoms. The van der Waals surface area contributed by atoms with Gasteiger partial charge in [0.05, 0.1) is 10.5 Å². The Morgan fingerprint density at radius 2 is 1.74 bits per heavy atom. The third-order valence-corrected chi connectivity index (χ3v) is 9.25. The maximum absolute atomic E-state index is 13.0. The van der Waals surface area contributed by atoms with Gasteiger partial charge in [-0.3, -0.25) is 9.59 Å². The Morgan fingerprint density at radius 3 is 2.40 bits per heavy atom. The number of thiophene rings is 1. The third-order valence-electron chi connectivity index (χ3n) is 6.27. The molecule has 2 aromatic carbocycles. The van der Waals surface area contributed by atoms with Crippen LogP contribution in [-0.2, 0) is 29.4 Å². The van der Waals surface area contributed by atoms with Gasteiger partial charge in [-0.25, -0.2) is 8.42 Å². The quantitative estimate of drug-likeness (QED) is 0.494. The molecule has 0 bridgehead atoms. The number of sulfonamides is 1. The van der Waals surface area contributed by atoms with Crippen LogP contribution in [0.15, 0.2) is 59.5 Å². The highest BCUT2D eigenvalue weighted by molar-refractivity contribution is 7.89. The van der Waals surface area contributed by atoms with E-state index in [1.54, 1.807) is 7.05 Å². The molecule has 2 amide bonds. The topological polar surface area (TPSA) is 95.6 Å². The first-order valence-corrected chi connectivity index (χ1v) is 13.7. The number of nitrogens with zero attached hydrogens (tertiary/aromatic N) is 1. The van der Waals surface area contributed by atoms with Crippen LogP contribution in [-0.4, -0.2) is 38.6 Å². The van der Waals surface area contributed by atoms with Crippen LogP contribution in [0, 0.1) is 5.92 Å². The van der Waals surface area contributed by atoms with Crippen molar-refractivity contribution in [1.29, 1.82) is 0 Å². The summed E-state index contributed by atoms with van der Waals surface area (Å²) in [6, 6.07) is 15.2. The number of anilines is 1. The van der Waals surface area contributed by atoms with Crippen molar-refractivity contribution in [2.45, 2.75) is 37.6 Å². The first-order chi connectivity index (χ1) is 16.7. The summed E-state index contributed by atoms with van der Waals surface area (Å²) < 4.78 is 27.2. The highest BCUT2D eigenvalue weighted by Gasteiger charge is 2.28. The lowest BCUT2D eigenvalue weighted by atomic mass is 9.88. The van der Waals surface area contributed by atoms with Gasteiger partial charge in [0.2, 0.25) is 10.0 Å². The van der Waals surface area contributed by atoms with Crippen LogP contribution in [0.2, 0.25) is 0 Å². The summed E-state index contributed by atoms with van der Waals surface area (Å²) in [5, 5.41) is 6.10. The number of carbonyl (C=O) groups is 2. The van der Waals surface area contributed by atoms with Crippen LogP contribution in [0.25, 0.3) is 0 Å². The molecule has 0 saturated carbocycles. The first kappa shape index (κ1) is 25.1. The molecule has 1 heterocycles. The maximum Gasteiger partial charge on any atom is 0.256 e.